The van der Waals surface area contributed by atoms with E-state index in [1.807, 2.05) is 0 Å². The number of ether oxygens (including phenoxy) is 3. The molecule has 0 aliphatic carbocycles. The molecule has 0 spiro atoms. The minimum atomic E-state index is -4.16. The number of hydrogen-bond donors (Lipinski definition) is 0. The zero-order valence-electron chi connectivity index (χ0n) is 18.7. The maximum atomic E-state index is 13.8. The van der Waals surface area contributed by atoms with Gasteiger partial charge in [0.2, 0.25) is 12.8 Å². The van der Waals surface area contributed by atoms with E-state index in [0.29, 0.717) is 17.1 Å². The minimum absolute atomic E-state index is 0.0140. The molecule has 3 atom stereocenters. The van der Waals surface area contributed by atoms with Crippen LogP contribution in [0.5, 0.6) is 11.5 Å². The molecule has 0 unspecified atom stereocenters. The van der Waals surface area contributed by atoms with Crippen LogP contribution in [0.1, 0.15) is 53.0 Å². The number of benzene rings is 1. The lowest BCUT2D eigenvalue weighted by molar-refractivity contribution is -0.522. The molecule has 0 bridgehead atoms. The van der Waals surface area contributed by atoms with Crippen LogP contribution in [0.3, 0.4) is 0 Å². The van der Waals surface area contributed by atoms with Gasteiger partial charge >= 0.3 is 13.6 Å². The van der Waals surface area contributed by atoms with Gasteiger partial charge in [0.1, 0.15) is 5.60 Å². The highest BCUT2D eigenvalue weighted by atomic mass is 31.2. The third kappa shape index (κ3) is 5.96. The highest BCUT2D eigenvalue weighted by Gasteiger charge is 2.53. The van der Waals surface area contributed by atoms with Crippen molar-refractivity contribution in [2.45, 2.75) is 64.8 Å². The SMILES string of the molecule is CCOP(=O)(OCC)[C@@H](C(=O)OC(C)(C)C)[C@H](c1ccc2c(c1)OCO2)[C@@H](C)[N+](=O)[O-]. The van der Waals surface area contributed by atoms with Crippen molar-refractivity contribution in [3.8, 4) is 11.5 Å². The maximum absolute atomic E-state index is 13.8. The van der Waals surface area contributed by atoms with Crippen LogP contribution < -0.4 is 9.47 Å². The molecule has 2 rings (SSSR count). The molecule has 0 saturated carbocycles. The van der Waals surface area contributed by atoms with Crippen molar-refractivity contribution in [2.24, 2.45) is 0 Å². The first-order valence-corrected chi connectivity index (χ1v) is 11.7. The largest absolute Gasteiger partial charge is 0.459 e. The Balaban J connectivity index is 2.68. The van der Waals surface area contributed by atoms with Gasteiger partial charge in [-0.05, 0) is 52.3 Å². The molecule has 11 heteroatoms. The van der Waals surface area contributed by atoms with Crippen LogP contribution in [-0.4, -0.2) is 48.2 Å². The number of hydrogen-bond acceptors (Lipinski definition) is 9. The summed E-state index contributed by atoms with van der Waals surface area (Å²) in [7, 11) is -4.16. The lowest BCUT2D eigenvalue weighted by Gasteiger charge is -2.33. The molecule has 0 fully saturated rings. The highest BCUT2D eigenvalue weighted by molar-refractivity contribution is 7.55. The molecule has 0 saturated heterocycles. The third-order valence-corrected chi connectivity index (χ3v) is 7.03. The van der Waals surface area contributed by atoms with E-state index in [2.05, 4.69) is 0 Å². The van der Waals surface area contributed by atoms with Gasteiger partial charge in [0.25, 0.3) is 0 Å². The summed E-state index contributed by atoms with van der Waals surface area (Å²) in [5.74, 6) is -1.22. The van der Waals surface area contributed by atoms with Crippen LogP contribution in [0.2, 0.25) is 0 Å². The van der Waals surface area contributed by atoms with Gasteiger partial charge in [-0.15, -0.1) is 0 Å². The van der Waals surface area contributed by atoms with E-state index in [0.717, 1.165) is 0 Å². The summed E-state index contributed by atoms with van der Waals surface area (Å²) in [6.45, 7) is 9.49. The Morgan fingerprint density at radius 2 is 1.77 bits per heavy atom. The van der Waals surface area contributed by atoms with Crippen molar-refractivity contribution in [1.29, 1.82) is 0 Å². The molecule has 174 valence electrons. The van der Waals surface area contributed by atoms with Crippen LogP contribution in [0.15, 0.2) is 18.2 Å². The Kier molecular flexibility index (Phi) is 8.08. The van der Waals surface area contributed by atoms with Gasteiger partial charge in [0.15, 0.2) is 17.2 Å². The first kappa shape index (κ1) is 25.1. The van der Waals surface area contributed by atoms with Gasteiger partial charge < -0.3 is 23.3 Å². The lowest BCUT2D eigenvalue weighted by Crippen LogP contribution is -2.42. The van der Waals surface area contributed by atoms with Crippen molar-refractivity contribution in [2.75, 3.05) is 20.0 Å². The first-order chi connectivity index (χ1) is 14.4. The average molecular weight is 459 g/mol. The molecular weight excluding hydrogens is 429 g/mol. The zero-order chi connectivity index (χ0) is 23.4. The van der Waals surface area contributed by atoms with Gasteiger partial charge in [-0.1, -0.05) is 6.07 Å². The second kappa shape index (κ2) is 9.97. The Morgan fingerprint density at radius 1 is 1.19 bits per heavy atom. The second-order valence-electron chi connectivity index (χ2n) is 8.02. The molecule has 0 N–H and O–H groups in total. The number of nitrogens with zero attached hydrogens (tertiary/aromatic N) is 1. The fraction of sp³-hybridized carbons (Fsp3) is 0.650. The fourth-order valence-corrected chi connectivity index (χ4v) is 5.61. The monoisotopic (exact) mass is 459 g/mol. The predicted molar refractivity (Wildman–Crippen MR) is 112 cm³/mol. The maximum Gasteiger partial charge on any atom is 0.345 e. The van der Waals surface area contributed by atoms with Crippen LogP contribution in [0.25, 0.3) is 0 Å². The summed E-state index contributed by atoms with van der Waals surface area (Å²) in [4.78, 5) is 24.6. The Morgan fingerprint density at radius 3 is 2.29 bits per heavy atom. The lowest BCUT2D eigenvalue weighted by atomic mass is 9.88. The van der Waals surface area contributed by atoms with Crippen LogP contribution in [0.4, 0.5) is 0 Å². The third-order valence-electron chi connectivity index (χ3n) is 4.58. The smallest absolute Gasteiger partial charge is 0.345 e. The summed E-state index contributed by atoms with van der Waals surface area (Å²) < 4.78 is 40.9. The number of carbonyl (C=O) groups is 1. The molecule has 1 aliphatic rings. The van der Waals surface area contributed by atoms with E-state index in [9.17, 15) is 19.5 Å². The van der Waals surface area contributed by atoms with Gasteiger partial charge in [-0.25, -0.2) is 0 Å². The zero-order valence-corrected chi connectivity index (χ0v) is 19.5. The second-order valence-corrected chi connectivity index (χ2v) is 10.2. The summed E-state index contributed by atoms with van der Waals surface area (Å²) in [5, 5.41) is 11.8. The normalized spacial score (nSPS) is 16.5. The van der Waals surface area contributed by atoms with Crippen molar-refractivity contribution in [1.82, 2.24) is 0 Å². The van der Waals surface area contributed by atoms with Crippen molar-refractivity contribution >= 4 is 13.6 Å². The molecule has 1 aliphatic heterocycles. The Labute approximate surface area is 181 Å². The van der Waals surface area contributed by atoms with E-state index in [-0.39, 0.29) is 20.0 Å². The standard InChI is InChI=1S/C20H30NO9P/c1-7-28-31(25,29-8-2)18(19(22)30-20(4,5)6)17(13(3)21(23)24)14-9-10-15-16(11-14)27-12-26-15/h9-11,13,17-18H,7-8,12H2,1-6H3/t13-,17+,18-/m1/s1. The fourth-order valence-electron chi connectivity index (χ4n) is 3.37. The molecule has 1 aromatic carbocycles. The van der Waals surface area contributed by atoms with Crippen molar-refractivity contribution in [3.63, 3.8) is 0 Å². The minimum Gasteiger partial charge on any atom is -0.459 e. The predicted octanol–water partition coefficient (Wildman–Crippen LogP) is 4.14. The topological polar surface area (TPSA) is 123 Å². The molecule has 0 radical (unpaired) electrons. The Hall–Kier alpha value is -2.16. The van der Waals surface area contributed by atoms with Crippen molar-refractivity contribution in [3.05, 3.63) is 33.9 Å². The number of rotatable bonds is 10. The quantitative estimate of drug-likeness (QED) is 0.220. The van der Waals surface area contributed by atoms with E-state index < -0.39 is 41.7 Å². The van der Waals surface area contributed by atoms with Crippen LogP contribution in [-0.2, 0) is 23.1 Å². The molecule has 0 aromatic heterocycles. The van der Waals surface area contributed by atoms with Crippen LogP contribution in [0, 0.1) is 10.1 Å². The molecular formula is C20H30NO9P. The first-order valence-electron chi connectivity index (χ1n) is 10.1. The highest BCUT2D eigenvalue weighted by Crippen LogP contribution is 2.59. The summed E-state index contributed by atoms with van der Waals surface area (Å²) in [6, 6.07) is 3.41. The summed E-state index contributed by atoms with van der Waals surface area (Å²) in [6.07, 6.45) is 0. The van der Waals surface area contributed by atoms with Gasteiger partial charge in [-0.3, -0.25) is 19.5 Å². The van der Waals surface area contributed by atoms with Crippen molar-refractivity contribution < 1.29 is 37.5 Å². The molecule has 0 amide bonds. The molecule has 10 nitrogen and oxygen atoms in total. The Bertz CT molecular complexity index is 842. The number of fused-ring (bicyclic) bond motifs is 1. The van der Waals surface area contributed by atoms with Gasteiger partial charge in [-0.2, -0.15) is 0 Å². The van der Waals surface area contributed by atoms with E-state index in [4.69, 9.17) is 23.3 Å². The number of esters is 1. The number of nitro groups is 1. The molecule has 1 aromatic rings. The average Bonchev–Trinajstić information content (AvgIpc) is 3.11. The molecule has 31 heavy (non-hydrogen) atoms. The van der Waals surface area contributed by atoms with E-state index in [1.165, 1.54) is 6.92 Å². The molecule has 1 heterocycles. The van der Waals surface area contributed by atoms with Gasteiger partial charge in [0.05, 0.1) is 19.1 Å². The van der Waals surface area contributed by atoms with Crippen LogP contribution >= 0.6 is 7.60 Å². The van der Waals surface area contributed by atoms with E-state index in [1.54, 1.807) is 52.8 Å². The van der Waals surface area contributed by atoms with E-state index >= 15 is 0 Å². The number of carbonyl (C=O) groups excluding carboxylic acids is 1. The summed E-state index contributed by atoms with van der Waals surface area (Å²) >= 11 is 0. The van der Waals surface area contributed by atoms with Gasteiger partial charge in [0, 0.05) is 11.8 Å². The summed E-state index contributed by atoms with van der Waals surface area (Å²) in [5.41, 5.74) is -2.12.